The summed E-state index contributed by atoms with van der Waals surface area (Å²) in [5, 5.41) is 0. The number of carbonyl (C=O) groups is 1. The summed E-state index contributed by atoms with van der Waals surface area (Å²) < 4.78 is 6.28. The molecule has 136 valence electrons. The van der Waals surface area contributed by atoms with E-state index in [0.29, 0.717) is 6.54 Å². The number of benzene rings is 2. The van der Waals surface area contributed by atoms with Crippen LogP contribution in [0.2, 0.25) is 0 Å². The Morgan fingerprint density at radius 3 is 2.42 bits per heavy atom. The SMILES string of the molecule is COc1ccc(CN2C(=O)c3c(ccc(Br)c3C)C23CCCCC3)cc1. The normalized spacial score (nSPS) is 18.3. The standard InChI is InChI=1S/C22H24BrNO2/c1-15-19(23)11-10-18-20(15)21(25)24(22(18)12-4-3-5-13-22)14-16-6-8-17(26-2)9-7-16/h6-11H,3-5,12-14H2,1-2H3. The van der Waals surface area contributed by atoms with E-state index in [1.54, 1.807) is 7.11 Å². The summed E-state index contributed by atoms with van der Waals surface area (Å²) in [6.45, 7) is 2.70. The Hall–Kier alpha value is -1.81. The molecule has 26 heavy (non-hydrogen) atoms. The molecule has 2 aromatic carbocycles. The van der Waals surface area contributed by atoms with Crippen molar-refractivity contribution in [2.75, 3.05) is 7.11 Å². The van der Waals surface area contributed by atoms with Crippen LogP contribution in [0.3, 0.4) is 0 Å². The van der Waals surface area contributed by atoms with Crippen molar-refractivity contribution in [3.63, 3.8) is 0 Å². The average Bonchev–Trinajstić information content (AvgIpc) is 2.89. The molecule has 1 aliphatic carbocycles. The maximum absolute atomic E-state index is 13.5. The van der Waals surface area contributed by atoms with E-state index in [1.165, 1.54) is 24.8 Å². The second-order valence-corrected chi connectivity index (χ2v) is 8.28. The first-order chi connectivity index (χ1) is 12.6. The van der Waals surface area contributed by atoms with Crippen LogP contribution in [0.25, 0.3) is 0 Å². The number of methoxy groups -OCH3 is 1. The molecule has 1 aliphatic heterocycles. The topological polar surface area (TPSA) is 29.5 Å². The Kier molecular flexibility index (Phi) is 4.55. The molecule has 0 bridgehead atoms. The first-order valence-electron chi connectivity index (χ1n) is 9.31. The quantitative estimate of drug-likeness (QED) is 0.656. The zero-order valence-electron chi connectivity index (χ0n) is 15.3. The van der Waals surface area contributed by atoms with Crippen LogP contribution in [0, 0.1) is 6.92 Å². The largest absolute Gasteiger partial charge is 0.497 e. The number of hydrogen-bond acceptors (Lipinski definition) is 2. The third-order valence-electron chi connectivity index (χ3n) is 6.06. The average molecular weight is 414 g/mol. The summed E-state index contributed by atoms with van der Waals surface area (Å²) in [7, 11) is 1.67. The van der Waals surface area contributed by atoms with Crippen molar-refractivity contribution >= 4 is 21.8 Å². The van der Waals surface area contributed by atoms with Gasteiger partial charge < -0.3 is 9.64 Å². The number of halogens is 1. The third-order valence-corrected chi connectivity index (χ3v) is 6.92. The van der Waals surface area contributed by atoms with Crippen LogP contribution in [0.1, 0.15) is 59.2 Å². The van der Waals surface area contributed by atoms with Gasteiger partial charge >= 0.3 is 0 Å². The number of carbonyl (C=O) groups excluding carboxylic acids is 1. The van der Waals surface area contributed by atoms with Crippen molar-refractivity contribution < 1.29 is 9.53 Å². The molecule has 3 nitrogen and oxygen atoms in total. The fourth-order valence-electron chi connectivity index (χ4n) is 4.64. The predicted octanol–water partition coefficient (Wildman–Crippen LogP) is 5.58. The third kappa shape index (κ3) is 2.66. The molecule has 0 atom stereocenters. The van der Waals surface area contributed by atoms with Gasteiger partial charge in [-0.1, -0.05) is 53.4 Å². The molecule has 1 spiro atoms. The molecule has 1 fully saturated rings. The maximum atomic E-state index is 13.5. The van der Waals surface area contributed by atoms with Crippen molar-refractivity contribution in [1.29, 1.82) is 0 Å². The Morgan fingerprint density at radius 2 is 1.77 bits per heavy atom. The van der Waals surface area contributed by atoms with Gasteiger partial charge in [0, 0.05) is 16.6 Å². The Morgan fingerprint density at radius 1 is 1.08 bits per heavy atom. The van der Waals surface area contributed by atoms with Gasteiger partial charge in [0.1, 0.15) is 5.75 Å². The van der Waals surface area contributed by atoms with Crippen LogP contribution in [0.15, 0.2) is 40.9 Å². The first-order valence-corrected chi connectivity index (χ1v) is 10.1. The van der Waals surface area contributed by atoms with Gasteiger partial charge in [-0.15, -0.1) is 0 Å². The second-order valence-electron chi connectivity index (χ2n) is 7.43. The van der Waals surface area contributed by atoms with Crippen LogP contribution in [-0.4, -0.2) is 17.9 Å². The summed E-state index contributed by atoms with van der Waals surface area (Å²) in [5.74, 6) is 1.02. The summed E-state index contributed by atoms with van der Waals surface area (Å²) in [6, 6.07) is 12.3. The van der Waals surface area contributed by atoms with E-state index in [-0.39, 0.29) is 11.4 Å². The van der Waals surface area contributed by atoms with E-state index in [9.17, 15) is 4.79 Å². The van der Waals surface area contributed by atoms with Gasteiger partial charge in [0.15, 0.2) is 0 Å². The number of hydrogen-bond donors (Lipinski definition) is 0. The van der Waals surface area contributed by atoms with Gasteiger partial charge in [0.25, 0.3) is 5.91 Å². The molecule has 0 unspecified atom stereocenters. The molecule has 0 aromatic heterocycles. The summed E-state index contributed by atoms with van der Waals surface area (Å²) in [4.78, 5) is 15.6. The van der Waals surface area contributed by atoms with Gasteiger partial charge in [0.2, 0.25) is 0 Å². The van der Waals surface area contributed by atoms with Crippen LogP contribution < -0.4 is 4.74 Å². The maximum Gasteiger partial charge on any atom is 0.255 e. The summed E-state index contributed by atoms with van der Waals surface area (Å²) >= 11 is 3.61. The fourth-order valence-corrected chi connectivity index (χ4v) is 4.97. The summed E-state index contributed by atoms with van der Waals surface area (Å²) in [6.07, 6.45) is 5.74. The zero-order chi connectivity index (χ0) is 18.3. The minimum atomic E-state index is -0.143. The molecule has 2 aliphatic rings. The summed E-state index contributed by atoms with van der Waals surface area (Å²) in [5.41, 5.74) is 4.21. The molecule has 4 heteroatoms. The number of ether oxygens (including phenoxy) is 1. The smallest absolute Gasteiger partial charge is 0.255 e. The van der Waals surface area contributed by atoms with Crippen molar-refractivity contribution in [3.05, 3.63) is 63.1 Å². The fraction of sp³-hybridized carbons (Fsp3) is 0.409. The highest BCUT2D eigenvalue weighted by molar-refractivity contribution is 9.10. The highest BCUT2D eigenvalue weighted by atomic mass is 79.9. The zero-order valence-corrected chi connectivity index (χ0v) is 16.9. The lowest BCUT2D eigenvalue weighted by Crippen LogP contribution is -2.44. The molecule has 0 radical (unpaired) electrons. The van der Waals surface area contributed by atoms with Gasteiger partial charge in [-0.3, -0.25) is 4.79 Å². The van der Waals surface area contributed by atoms with Gasteiger partial charge in [-0.25, -0.2) is 0 Å². The van der Waals surface area contributed by atoms with Crippen molar-refractivity contribution in [2.24, 2.45) is 0 Å². The predicted molar refractivity (Wildman–Crippen MR) is 107 cm³/mol. The van der Waals surface area contributed by atoms with Crippen molar-refractivity contribution in [1.82, 2.24) is 4.90 Å². The number of amides is 1. The van der Waals surface area contributed by atoms with Crippen LogP contribution in [0.5, 0.6) is 5.75 Å². The molecule has 1 saturated carbocycles. The Labute approximate surface area is 163 Å². The molecule has 1 heterocycles. The van der Waals surface area contributed by atoms with Gasteiger partial charge in [-0.05, 0) is 54.7 Å². The lowest BCUT2D eigenvalue weighted by atomic mass is 9.76. The van der Waals surface area contributed by atoms with Gasteiger partial charge in [-0.2, -0.15) is 0 Å². The van der Waals surface area contributed by atoms with Crippen LogP contribution in [0.4, 0.5) is 0 Å². The molecular formula is C22H24BrNO2. The Balaban J connectivity index is 1.77. The van der Waals surface area contributed by atoms with E-state index >= 15 is 0 Å². The lowest BCUT2D eigenvalue weighted by molar-refractivity contribution is 0.0387. The molecule has 0 saturated heterocycles. The highest BCUT2D eigenvalue weighted by Crippen LogP contribution is 2.50. The van der Waals surface area contributed by atoms with E-state index < -0.39 is 0 Å². The van der Waals surface area contributed by atoms with Gasteiger partial charge in [0.05, 0.1) is 12.6 Å². The van der Waals surface area contributed by atoms with Crippen molar-refractivity contribution in [3.8, 4) is 5.75 Å². The molecule has 2 aromatic rings. The van der Waals surface area contributed by atoms with E-state index in [0.717, 1.165) is 39.8 Å². The van der Waals surface area contributed by atoms with Crippen LogP contribution in [-0.2, 0) is 12.1 Å². The van der Waals surface area contributed by atoms with E-state index in [2.05, 4.69) is 45.1 Å². The number of fused-ring (bicyclic) bond motifs is 2. The minimum absolute atomic E-state index is 0.143. The highest BCUT2D eigenvalue weighted by Gasteiger charge is 2.50. The lowest BCUT2D eigenvalue weighted by Gasteiger charge is -2.42. The minimum Gasteiger partial charge on any atom is -0.497 e. The molecule has 1 amide bonds. The number of rotatable bonds is 3. The van der Waals surface area contributed by atoms with Crippen LogP contribution >= 0.6 is 15.9 Å². The monoisotopic (exact) mass is 413 g/mol. The van der Waals surface area contributed by atoms with E-state index in [1.807, 2.05) is 19.1 Å². The van der Waals surface area contributed by atoms with Crippen molar-refractivity contribution in [2.45, 2.75) is 51.1 Å². The number of nitrogens with zero attached hydrogens (tertiary/aromatic N) is 1. The second kappa shape index (κ2) is 6.73. The van der Waals surface area contributed by atoms with E-state index in [4.69, 9.17) is 4.74 Å². The molecule has 0 N–H and O–H groups in total. The molecular weight excluding hydrogens is 390 g/mol. The Bertz CT molecular complexity index is 838. The first kappa shape index (κ1) is 17.6. The molecule has 4 rings (SSSR count).